The van der Waals surface area contributed by atoms with Gasteiger partial charge < -0.3 is 5.32 Å². The molecule has 118 valence electrons. The van der Waals surface area contributed by atoms with Gasteiger partial charge in [0, 0.05) is 25.2 Å². The Hall–Kier alpha value is -0.930. The summed E-state index contributed by atoms with van der Waals surface area (Å²) >= 11 is 0. The Labute approximate surface area is 130 Å². The van der Waals surface area contributed by atoms with E-state index in [2.05, 4.69) is 56.1 Å². The van der Waals surface area contributed by atoms with Gasteiger partial charge in [-0.2, -0.15) is 0 Å². The Bertz CT molecular complexity index is 430. The molecule has 21 heavy (non-hydrogen) atoms. The van der Waals surface area contributed by atoms with Gasteiger partial charge >= 0.3 is 0 Å². The predicted molar refractivity (Wildman–Crippen MR) is 89.1 cm³/mol. The van der Waals surface area contributed by atoms with Crippen LogP contribution < -0.4 is 5.32 Å². The van der Waals surface area contributed by atoms with Gasteiger partial charge in [-0.15, -0.1) is 0 Å². The fraction of sp³-hybridized carbons (Fsp3) is 0.722. The molecule has 1 aliphatic heterocycles. The zero-order chi connectivity index (χ0) is 15.2. The molecule has 2 rings (SSSR count). The molecule has 1 fully saturated rings. The maximum absolute atomic E-state index is 4.83. The van der Waals surface area contributed by atoms with Crippen LogP contribution in [0, 0.1) is 5.92 Å². The highest BCUT2D eigenvalue weighted by atomic mass is 15.2. The maximum atomic E-state index is 4.83. The number of pyridine rings is 1. The largest absolute Gasteiger partial charge is 0.311 e. The van der Waals surface area contributed by atoms with E-state index in [1.807, 2.05) is 0 Å². The molecule has 1 aliphatic rings. The SMILES string of the molecule is CCC1CCC(C)N1Cc1cccc(CNCC(C)C)n1. The van der Waals surface area contributed by atoms with E-state index in [1.54, 1.807) is 0 Å². The second-order valence-electron chi connectivity index (χ2n) is 6.81. The summed E-state index contributed by atoms with van der Waals surface area (Å²) in [5.74, 6) is 0.684. The molecular formula is C18H31N3. The van der Waals surface area contributed by atoms with Crippen molar-refractivity contribution >= 4 is 0 Å². The third-order valence-corrected chi connectivity index (χ3v) is 4.49. The quantitative estimate of drug-likeness (QED) is 0.831. The van der Waals surface area contributed by atoms with E-state index in [0.717, 1.165) is 31.4 Å². The molecule has 1 saturated heterocycles. The molecule has 0 bridgehead atoms. The summed E-state index contributed by atoms with van der Waals surface area (Å²) < 4.78 is 0. The predicted octanol–water partition coefficient (Wildman–Crippen LogP) is 3.59. The molecule has 2 unspecified atom stereocenters. The van der Waals surface area contributed by atoms with Gasteiger partial charge in [0.1, 0.15) is 0 Å². The molecule has 3 nitrogen and oxygen atoms in total. The van der Waals surface area contributed by atoms with Crippen molar-refractivity contribution in [2.75, 3.05) is 6.54 Å². The zero-order valence-electron chi connectivity index (χ0n) is 14.1. The lowest BCUT2D eigenvalue weighted by Crippen LogP contribution is -2.34. The molecular weight excluding hydrogens is 258 g/mol. The minimum absolute atomic E-state index is 0.684. The molecule has 1 N–H and O–H groups in total. The van der Waals surface area contributed by atoms with Crippen LogP contribution in [-0.4, -0.2) is 28.5 Å². The smallest absolute Gasteiger partial charge is 0.0548 e. The molecule has 3 heteroatoms. The summed E-state index contributed by atoms with van der Waals surface area (Å²) in [6.45, 7) is 12.0. The number of nitrogens with zero attached hydrogens (tertiary/aromatic N) is 2. The second kappa shape index (κ2) is 7.90. The third-order valence-electron chi connectivity index (χ3n) is 4.49. The van der Waals surface area contributed by atoms with Crippen molar-refractivity contribution in [3.05, 3.63) is 29.6 Å². The van der Waals surface area contributed by atoms with Crippen molar-refractivity contribution in [1.82, 2.24) is 15.2 Å². The van der Waals surface area contributed by atoms with E-state index in [9.17, 15) is 0 Å². The number of aromatic nitrogens is 1. The highest BCUT2D eigenvalue weighted by Gasteiger charge is 2.29. The molecule has 0 spiro atoms. The molecule has 1 aromatic rings. The first-order chi connectivity index (χ1) is 10.1. The topological polar surface area (TPSA) is 28.2 Å². The van der Waals surface area contributed by atoms with E-state index < -0.39 is 0 Å². The van der Waals surface area contributed by atoms with Crippen LogP contribution in [0.2, 0.25) is 0 Å². The van der Waals surface area contributed by atoms with Crippen molar-refractivity contribution in [2.45, 2.75) is 72.1 Å². The average molecular weight is 289 g/mol. The highest BCUT2D eigenvalue weighted by molar-refractivity contribution is 5.12. The van der Waals surface area contributed by atoms with E-state index in [1.165, 1.54) is 25.0 Å². The van der Waals surface area contributed by atoms with Gasteiger partial charge in [0.05, 0.1) is 11.4 Å². The Morgan fingerprint density at radius 3 is 2.76 bits per heavy atom. The summed E-state index contributed by atoms with van der Waals surface area (Å²) in [6, 6.07) is 7.88. The normalized spacial score (nSPS) is 23.1. The lowest BCUT2D eigenvalue weighted by atomic mass is 10.1. The number of rotatable bonds is 7. The first kappa shape index (κ1) is 16.4. The first-order valence-electron chi connectivity index (χ1n) is 8.51. The maximum Gasteiger partial charge on any atom is 0.0548 e. The lowest BCUT2D eigenvalue weighted by molar-refractivity contribution is 0.187. The monoisotopic (exact) mass is 289 g/mol. The highest BCUT2D eigenvalue weighted by Crippen LogP contribution is 2.27. The van der Waals surface area contributed by atoms with Gasteiger partial charge in [0.2, 0.25) is 0 Å². The molecule has 0 radical (unpaired) electrons. The standard InChI is InChI=1S/C18H31N3/c1-5-18-10-9-15(4)21(18)13-17-8-6-7-16(20-17)12-19-11-14(2)3/h6-8,14-15,18-19H,5,9-13H2,1-4H3. The molecule has 1 aromatic heterocycles. The van der Waals surface area contributed by atoms with Gasteiger partial charge in [-0.1, -0.05) is 26.8 Å². The summed E-state index contributed by atoms with van der Waals surface area (Å²) in [5.41, 5.74) is 2.37. The third kappa shape index (κ3) is 4.79. The van der Waals surface area contributed by atoms with Crippen molar-refractivity contribution in [3.63, 3.8) is 0 Å². The lowest BCUT2D eigenvalue weighted by Gasteiger charge is -2.27. The number of nitrogens with one attached hydrogen (secondary N) is 1. The van der Waals surface area contributed by atoms with Crippen molar-refractivity contribution in [2.24, 2.45) is 5.92 Å². The number of hydrogen-bond donors (Lipinski definition) is 1. The zero-order valence-corrected chi connectivity index (χ0v) is 14.1. The van der Waals surface area contributed by atoms with Crippen molar-refractivity contribution in [3.8, 4) is 0 Å². The van der Waals surface area contributed by atoms with Crippen LogP contribution >= 0.6 is 0 Å². The van der Waals surface area contributed by atoms with E-state index in [0.29, 0.717) is 12.0 Å². The van der Waals surface area contributed by atoms with Crippen LogP contribution in [0.5, 0.6) is 0 Å². The van der Waals surface area contributed by atoms with Gasteiger partial charge in [0.25, 0.3) is 0 Å². The summed E-state index contributed by atoms with van der Waals surface area (Å²) in [7, 11) is 0. The Morgan fingerprint density at radius 1 is 1.29 bits per heavy atom. The molecule has 0 aliphatic carbocycles. The fourth-order valence-electron chi connectivity index (χ4n) is 3.24. The number of hydrogen-bond acceptors (Lipinski definition) is 3. The van der Waals surface area contributed by atoms with Gasteiger partial charge in [0.15, 0.2) is 0 Å². The van der Waals surface area contributed by atoms with Crippen LogP contribution in [-0.2, 0) is 13.1 Å². The van der Waals surface area contributed by atoms with Gasteiger partial charge in [-0.3, -0.25) is 9.88 Å². The molecule has 2 atom stereocenters. The van der Waals surface area contributed by atoms with Crippen LogP contribution in [0.1, 0.15) is 58.3 Å². The molecule has 0 saturated carbocycles. The summed E-state index contributed by atoms with van der Waals surface area (Å²) in [5, 5.41) is 3.47. The minimum atomic E-state index is 0.684. The molecule has 0 amide bonds. The summed E-state index contributed by atoms with van der Waals surface area (Å²) in [4.78, 5) is 7.46. The Balaban J connectivity index is 1.94. The van der Waals surface area contributed by atoms with Crippen molar-refractivity contribution in [1.29, 1.82) is 0 Å². The first-order valence-corrected chi connectivity index (χ1v) is 8.51. The van der Waals surface area contributed by atoms with Crippen LogP contribution in [0.15, 0.2) is 18.2 Å². The van der Waals surface area contributed by atoms with Crippen LogP contribution in [0.3, 0.4) is 0 Å². The van der Waals surface area contributed by atoms with E-state index in [4.69, 9.17) is 4.98 Å². The molecule has 2 heterocycles. The fourth-order valence-corrected chi connectivity index (χ4v) is 3.24. The minimum Gasteiger partial charge on any atom is -0.311 e. The van der Waals surface area contributed by atoms with Crippen molar-refractivity contribution < 1.29 is 0 Å². The Kier molecular flexibility index (Phi) is 6.19. The average Bonchev–Trinajstić information content (AvgIpc) is 2.80. The van der Waals surface area contributed by atoms with Crippen LogP contribution in [0.25, 0.3) is 0 Å². The molecule has 0 aromatic carbocycles. The van der Waals surface area contributed by atoms with Gasteiger partial charge in [-0.25, -0.2) is 0 Å². The summed E-state index contributed by atoms with van der Waals surface area (Å²) in [6.07, 6.45) is 3.92. The van der Waals surface area contributed by atoms with Crippen LogP contribution in [0.4, 0.5) is 0 Å². The van der Waals surface area contributed by atoms with Gasteiger partial charge in [-0.05, 0) is 50.8 Å². The second-order valence-corrected chi connectivity index (χ2v) is 6.81. The Morgan fingerprint density at radius 2 is 2.05 bits per heavy atom. The number of likely N-dealkylation sites (tertiary alicyclic amines) is 1. The van der Waals surface area contributed by atoms with E-state index >= 15 is 0 Å². The van der Waals surface area contributed by atoms with E-state index in [-0.39, 0.29) is 0 Å².